The fraction of sp³-hybridized carbons (Fsp3) is 0.421. The number of hydrogen-bond donors (Lipinski definition) is 3. The highest BCUT2D eigenvalue weighted by Crippen LogP contribution is 2.11. The maximum Gasteiger partial charge on any atom is 0.0624 e. The zero-order valence-electron chi connectivity index (χ0n) is 13.9. The second-order valence-electron chi connectivity index (χ2n) is 6.12. The lowest BCUT2D eigenvalue weighted by molar-refractivity contribution is 0.207. The van der Waals surface area contributed by atoms with Crippen LogP contribution < -0.4 is 10.6 Å². The number of pyridine rings is 1. The number of rotatable bonds is 9. The maximum atomic E-state index is 9.49. The van der Waals surface area contributed by atoms with Gasteiger partial charge in [-0.1, -0.05) is 50.2 Å². The van der Waals surface area contributed by atoms with Gasteiger partial charge in [0.25, 0.3) is 0 Å². The summed E-state index contributed by atoms with van der Waals surface area (Å²) in [5.74, 6) is 0.388. The standard InChI is InChI=1S/C19H27N3O/c1-15(2)19(14-23)22-13-18(17-10-6-7-11-20-17)21-12-16-8-4-3-5-9-16/h3-11,15,18-19,21-23H,12-14H2,1-2H3/t18-,19-/m1/s1. The van der Waals surface area contributed by atoms with Crippen LogP contribution in [0.25, 0.3) is 0 Å². The van der Waals surface area contributed by atoms with Crippen LogP contribution in [0.1, 0.15) is 31.1 Å². The lowest BCUT2D eigenvalue weighted by Crippen LogP contribution is -2.42. The first kappa shape index (κ1) is 17.6. The Kier molecular flexibility index (Phi) is 7.20. The predicted octanol–water partition coefficient (Wildman–Crippen LogP) is 2.52. The van der Waals surface area contributed by atoms with E-state index in [1.807, 2.05) is 42.6 Å². The van der Waals surface area contributed by atoms with Gasteiger partial charge in [0.1, 0.15) is 0 Å². The fourth-order valence-electron chi connectivity index (χ4n) is 2.48. The van der Waals surface area contributed by atoms with Gasteiger partial charge in [-0.3, -0.25) is 4.98 Å². The minimum absolute atomic E-state index is 0.0970. The quantitative estimate of drug-likeness (QED) is 0.666. The maximum absolute atomic E-state index is 9.49. The van der Waals surface area contributed by atoms with Crippen molar-refractivity contribution in [1.29, 1.82) is 0 Å². The normalized spacial score (nSPS) is 13.9. The molecule has 124 valence electrons. The van der Waals surface area contributed by atoms with Gasteiger partial charge in [0.2, 0.25) is 0 Å². The predicted molar refractivity (Wildman–Crippen MR) is 94.0 cm³/mol. The molecule has 0 bridgehead atoms. The van der Waals surface area contributed by atoms with Gasteiger partial charge in [-0.25, -0.2) is 0 Å². The molecule has 2 rings (SSSR count). The molecular weight excluding hydrogens is 286 g/mol. The van der Waals surface area contributed by atoms with Crippen LogP contribution in [0.3, 0.4) is 0 Å². The Balaban J connectivity index is 2.00. The van der Waals surface area contributed by atoms with E-state index in [2.05, 4.69) is 41.6 Å². The number of nitrogens with one attached hydrogen (secondary N) is 2. The zero-order chi connectivity index (χ0) is 16.5. The number of benzene rings is 1. The number of aliphatic hydroxyl groups is 1. The highest BCUT2D eigenvalue weighted by molar-refractivity contribution is 5.15. The van der Waals surface area contributed by atoms with Crippen molar-refractivity contribution in [2.24, 2.45) is 5.92 Å². The summed E-state index contributed by atoms with van der Waals surface area (Å²) in [5.41, 5.74) is 2.26. The fourth-order valence-corrected chi connectivity index (χ4v) is 2.48. The van der Waals surface area contributed by atoms with E-state index in [0.717, 1.165) is 18.8 Å². The molecule has 1 aromatic heterocycles. The molecule has 0 saturated carbocycles. The first-order chi connectivity index (χ1) is 11.2. The highest BCUT2D eigenvalue weighted by Gasteiger charge is 2.16. The van der Waals surface area contributed by atoms with Crippen LogP contribution in [0.4, 0.5) is 0 Å². The summed E-state index contributed by atoms with van der Waals surface area (Å²) in [4.78, 5) is 4.47. The third kappa shape index (κ3) is 5.75. The molecular formula is C19H27N3O. The van der Waals surface area contributed by atoms with Crippen molar-refractivity contribution in [3.8, 4) is 0 Å². The second-order valence-corrected chi connectivity index (χ2v) is 6.12. The van der Waals surface area contributed by atoms with Crippen LogP contribution in [0, 0.1) is 5.92 Å². The van der Waals surface area contributed by atoms with Gasteiger partial charge in [0, 0.05) is 25.3 Å². The van der Waals surface area contributed by atoms with E-state index in [1.54, 1.807) is 0 Å². The van der Waals surface area contributed by atoms with Crippen molar-refractivity contribution in [2.75, 3.05) is 13.2 Å². The van der Waals surface area contributed by atoms with Crippen molar-refractivity contribution in [2.45, 2.75) is 32.5 Å². The molecule has 0 saturated heterocycles. The molecule has 0 fully saturated rings. The van der Waals surface area contributed by atoms with E-state index in [4.69, 9.17) is 0 Å². The van der Waals surface area contributed by atoms with E-state index in [0.29, 0.717) is 5.92 Å². The molecule has 23 heavy (non-hydrogen) atoms. The van der Waals surface area contributed by atoms with E-state index >= 15 is 0 Å². The van der Waals surface area contributed by atoms with Gasteiger partial charge in [-0.2, -0.15) is 0 Å². The van der Waals surface area contributed by atoms with Crippen molar-refractivity contribution < 1.29 is 5.11 Å². The first-order valence-corrected chi connectivity index (χ1v) is 8.23. The van der Waals surface area contributed by atoms with Crippen molar-refractivity contribution >= 4 is 0 Å². The number of aromatic nitrogens is 1. The van der Waals surface area contributed by atoms with Crippen molar-refractivity contribution in [3.63, 3.8) is 0 Å². The van der Waals surface area contributed by atoms with Crippen LogP contribution in [0.5, 0.6) is 0 Å². The monoisotopic (exact) mass is 313 g/mol. The van der Waals surface area contributed by atoms with Gasteiger partial charge < -0.3 is 15.7 Å². The molecule has 4 nitrogen and oxygen atoms in total. The molecule has 0 aliphatic rings. The van der Waals surface area contributed by atoms with E-state index in [1.165, 1.54) is 5.56 Å². The molecule has 1 heterocycles. The van der Waals surface area contributed by atoms with Crippen LogP contribution in [-0.2, 0) is 6.54 Å². The van der Waals surface area contributed by atoms with E-state index < -0.39 is 0 Å². The molecule has 3 N–H and O–H groups in total. The van der Waals surface area contributed by atoms with Crippen molar-refractivity contribution in [3.05, 3.63) is 66.0 Å². The van der Waals surface area contributed by atoms with Crippen LogP contribution in [0.2, 0.25) is 0 Å². The summed E-state index contributed by atoms with van der Waals surface area (Å²) in [6.45, 7) is 5.88. The molecule has 2 aromatic rings. The highest BCUT2D eigenvalue weighted by atomic mass is 16.3. The van der Waals surface area contributed by atoms with Crippen LogP contribution in [-0.4, -0.2) is 29.3 Å². The molecule has 0 unspecified atom stereocenters. The molecule has 4 heteroatoms. The largest absolute Gasteiger partial charge is 0.395 e. The third-order valence-corrected chi connectivity index (χ3v) is 4.03. The van der Waals surface area contributed by atoms with E-state index in [-0.39, 0.29) is 18.7 Å². The molecule has 2 atom stereocenters. The molecule has 1 aromatic carbocycles. The molecule has 0 spiro atoms. The third-order valence-electron chi connectivity index (χ3n) is 4.03. The Morgan fingerprint density at radius 2 is 1.74 bits per heavy atom. The van der Waals surface area contributed by atoms with Crippen LogP contribution >= 0.6 is 0 Å². The zero-order valence-corrected chi connectivity index (χ0v) is 13.9. The molecule has 0 aliphatic carbocycles. The minimum atomic E-state index is 0.0970. The van der Waals surface area contributed by atoms with E-state index in [9.17, 15) is 5.11 Å². The van der Waals surface area contributed by atoms with Gasteiger partial charge >= 0.3 is 0 Å². The second kappa shape index (κ2) is 9.40. The summed E-state index contributed by atoms with van der Waals surface area (Å²) < 4.78 is 0. The Morgan fingerprint density at radius 3 is 2.35 bits per heavy atom. The number of nitrogens with zero attached hydrogens (tertiary/aromatic N) is 1. The average molecular weight is 313 g/mol. The Bertz CT molecular complexity index is 545. The molecule has 0 amide bonds. The molecule has 0 aliphatic heterocycles. The average Bonchev–Trinajstić information content (AvgIpc) is 2.59. The topological polar surface area (TPSA) is 57.2 Å². The van der Waals surface area contributed by atoms with Gasteiger partial charge in [-0.05, 0) is 23.6 Å². The summed E-state index contributed by atoms with van der Waals surface area (Å²) in [6, 6.07) is 16.5. The van der Waals surface area contributed by atoms with Gasteiger partial charge in [0.05, 0.1) is 18.3 Å². The van der Waals surface area contributed by atoms with Crippen LogP contribution in [0.15, 0.2) is 54.7 Å². The summed E-state index contributed by atoms with van der Waals surface area (Å²) in [6.07, 6.45) is 1.82. The minimum Gasteiger partial charge on any atom is -0.395 e. The van der Waals surface area contributed by atoms with Gasteiger partial charge in [0.15, 0.2) is 0 Å². The first-order valence-electron chi connectivity index (χ1n) is 8.23. The van der Waals surface area contributed by atoms with Gasteiger partial charge in [-0.15, -0.1) is 0 Å². The summed E-state index contributed by atoms with van der Waals surface area (Å²) in [5, 5.41) is 16.5. The molecule has 0 radical (unpaired) electrons. The Hall–Kier alpha value is -1.75. The smallest absolute Gasteiger partial charge is 0.0624 e. The lowest BCUT2D eigenvalue weighted by atomic mass is 10.0. The lowest BCUT2D eigenvalue weighted by Gasteiger charge is -2.25. The number of aliphatic hydroxyl groups excluding tert-OH is 1. The summed E-state index contributed by atoms with van der Waals surface area (Å²) >= 11 is 0. The number of hydrogen-bond acceptors (Lipinski definition) is 4. The Morgan fingerprint density at radius 1 is 1.00 bits per heavy atom. The SMILES string of the molecule is CC(C)[C@@H](CO)NC[C@@H](NCc1ccccc1)c1ccccn1. The Labute approximate surface area is 139 Å². The van der Waals surface area contributed by atoms with Crippen molar-refractivity contribution in [1.82, 2.24) is 15.6 Å². The summed E-state index contributed by atoms with van der Waals surface area (Å²) in [7, 11) is 0.